The molecule has 0 atom stereocenters. The maximum atomic E-state index is 11.6. The van der Waals surface area contributed by atoms with Crippen molar-refractivity contribution >= 4 is 12.1 Å². The number of rotatable bonds is 5. The summed E-state index contributed by atoms with van der Waals surface area (Å²) >= 11 is 0. The molecule has 2 rings (SSSR count). The molecule has 0 bridgehead atoms. The van der Waals surface area contributed by atoms with Gasteiger partial charge in [0, 0.05) is 31.9 Å². The molecule has 0 fully saturated rings. The Morgan fingerprint density at radius 2 is 2.10 bits per heavy atom. The molecule has 2 N–H and O–H groups in total. The summed E-state index contributed by atoms with van der Waals surface area (Å²) in [7, 11) is 1.85. The molecule has 5 heteroatoms. The quantitative estimate of drug-likeness (QED) is 0.872. The first kappa shape index (κ1) is 13.9. The van der Waals surface area contributed by atoms with Crippen molar-refractivity contribution in [2.75, 3.05) is 6.54 Å². The lowest BCUT2D eigenvalue weighted by Gasteiger charge is -2.04. The number of amides is 2. The molecule has 0 saturated carbocycles. The van der Waals surface area contributed by atoms with Crippen molar-refractivity contribution in [3.8, 4) is 0 Å². The maximum Gasteiger partial charge on any atom is 0.315 e. The smallest absolute Gasteiger partial charge is 0.315 e. The number of benzene rings is 1. The SMILES string of the molecule is Cn1cc(CNC(=O)NCC=Cc2ccccc2)cn1. The number of hydrogen-bond acceptors (Lipinski definition) is 2. The van der Waals surface area contributed by atoms with Gasteiger partial charge in [0.1, 0.15) is 0 Å². The molecule has 0 saturated heterocycles. The molecule has 0 spiro atoms. The molecule has 20 heavy (non-hydrogen) atoms. The van der Waals surface area contributed by atoms with Gasteiger partial charge in [-0.2, -0.15) is 5.10 Å². The molecule has 1 aromatic carbocycles. The lowest BCUT2D eigenvalue weighted by molar-refractivity contribution is 0.241. The fourth-order valence-electron chi connectivity index (χ4n) is 1.72. The number of carbonyl (C=O) groups excluding carboxylic acids is 1. The van der Waals surface area contributed by atoms with Gasteiger partial charge in [0.15, 0.2) is 0 Å². The van der Waals surface area contributed by atoms with Gasteiger partial charge in [-0.05, 0) is 5.56 Å². The Morgan fingerprint density at radius 3 is 2.80 bits per heavy atom. The van der Waals surface area contributed by atoms with Crippen molar-refractivity contribution in [2.45, 2.75) is 6.54 Å². The molecular weight excluding hydrogens is 252 g/mol. The number of nitrogens with one attached hydrogen (secondary N) is 2. The minimum absolute atomic E-state index is 0.188. The van der Waals surface area contributed by atoms with Crippen LogP contribution in [0.15, 0.2) is 48.8 Å². The van der Waals surface area contributed by atoms with Gasteiger partial charge >= 0.3 is 6.03 Å². The molecule has 0 unspecified atom stereocenters. The average molecular weight is 270 g/mol. The fraction of sp³-hybridized carbons (Fsp3) is 0.200. The van der Waals surface area contributed by atoms with Crippen molar-refractivity contribution in [1.29, 1.82) is 0 Å². The van der Waals surface area contributed by atoms with E-state index in [2.05, 4.69) is 15.7 Å². The van der Waals surface area contributed by atoms with Crippen LogP contribution in [0.1, 0.15) is 11.1 Å². The highest BCUT2D eigenvalue weighted by atomic mass is 16.2. The second-order valence-electron chi connectivity index (χ2n) is 4.40. The third-order valence-corrected chi connectivity index (χ3v) is 2.70. The van der Waals surface area contributed by atoms with Crippen LogP contribution in [0, 0.1) is 0 Å². The zero-order valence-electron chi connectivity index (χ0n) is 11.4. The number of aryl methyl sites for hydroxylation is 1. The van der Waals surface area contributed by atoms with Crippen LogP contribution in [0.4, 0.5) is 4.79 Å². The van der Waals surface area contributed by atoms with E-state index in [9.17, 15) is 4.79 Å². The Kier molecular flexibility index (Phi) is 4.94. The highest BCUT2D eigenvalue weighted by molar-refractivity contribution is 5.74. The number of urea groups is 1. The Hall–Kier alpha value is -2.56. The first-order valence-electron chi connectivity index (χ1n) is 6.45. The van der Waals surface area contributed by atoms with Crippen LogP contribution in [0.3, 0.4) is 0 Å². The van der Waals surface area contributed by atoms with Crippen LogP contribution >= 0.6 is 0 Å². The van der Waals surface area contributed by atoms with E-state index in [-0.39, 0.29) is 6.03 Å². The molecule has 1 aromatic heterocycles. The highest BCUT2D eigenvalue weighted by Crippen LogP contribution is 2.00. The van der Waals surface area contributed by atoms with E-state index in [0.717, 1.165) is 11.1 Å². The molecule has 0 aliphatic carbocycles. The lowest BCUT2D eigenvalue weighted by Crippen LogP contribution is -2.34. The van der Waals surface area contributed by atoms with Crippen LogP contribution in [-0.4, -0.2) is 22.4 Å². The predicted molar refractivity (Wildman–Crippen MR) is 78.9 cm³/mol. The minimum Gasteiger partial charge on any atom is -0.335 e. The lowest BCUT2D eigenvalue weighted by atomic mass is 10.2. The van der Waals surface area contributed by atoms with Crippen molar-refractivity contribution in [2.24, 2.45) is 7.05 Å². The van der Waals surface area contributed by atoms with Gasteiger partial charge in [-0.15, -0.1) is 0 Å². The van der Waals surface area contributed by atoms with Crippen molar-refractivity contribution in [1.82, 2.24) is 20.4 Å². The molecular formula is C15H18N4O. The second-order valence-corrected chi connectivity index (χ2v) is 4.40. The number of carbonyl (C=O) groups is 1. The van der Waals surface area contributed by atoms with Crippen LogP contribution < -0.4 is 10.6 Å². The summed E-state index contributed by atoms with van der Waals surface area (Å²) in [6, 6.07) is 9.77. The van der Waals surface area contributed by atoms with Gasteiger partial charge in [0.2, 0.25) is 0 Å². The van der Waals surface area contributed by atoms with E-state index >= 15 is 0 Å². The summed E-state index contributed by atoms with van der Waals surface area (Å²) in [5.74, 6) is 0. The topological polar surface area (TPSA) is 59.0 Å². The summed E-state index contributed by atoms with van der Waals surface area (Å²) in [5.41, 5.74) is 2.09. The third-order valence-electron chi connectivity index (χ3n) is 2.70. The molecule has 2 amide bonds. The van der Waals surface area contributed by atoms with Gasteiger partial charge in [0.25, 0.3) is 0 Å². The van der Waals surface area contributed by atoms with E-state index in [1.807, 2.05) is 55.7 Å². The van der Waals surface area contributed by atoms with Gasteiger partial charge in [-0.1, -0.05) is 42.5 Å². The van der Waals surface area contributed by atoms with Crippen molar-refractivity contribution < 1.29 is 4.79 Å². The van der Waals surface area contributed by atoms with Gasteiger partial charge in [0.05, 0.1) is 6.20 Å². The Balaban J connectivity index is 1.66. The number of aromatic nitrogens is 2. The van der Waals surface area contributed by atoms with Crippen LogP contribution in [0.25, 0.3) is 6.08 Å². The molecule has 104 valence electrons. The second kappa shape index (κ2) is 7.13. The standard InChI is InChI=1S/C15H18N4O/c1-19-12-14(11-18-19)10-17-15(20)16-9-5-8-13-6-3-2-4-7-13/h2-8,11-12H,9-10H2,1H3,(H2,16,17,20). The van der Waals surface area contributed by atoms with Crippen LogP contribution in [0.2, 0.25) is 0 Å². The maximum absolute atomic E-state index is 11.6. The van der Waals surface area contributed by atoms with Crippen LogP contribution in [-0.2, 0) is 13.6 Å². The first-order chi connectivity index (χ1) is 9.74. The van der Waals surface area contributed by atoms with Crippen molar-refractivity contribution in [3.05, 3.63) is 59.9 Å². The summed E-state index contributed by atoms with van der Waals surface area (Å²) < 4.78 is 1.71. The van der Waals surface area contributed by atoms with E-state index in [0.29, 0.717) is 13.1 Å². The molecule has 0 radical (unpaired) electrons. The van der Waals surface area contributed by atoms with E-state index in [1.54, 1.807) is 10.9 Å². The summed E-state index contributed by atoms with van der Waals surface area (Å²) in [5, 5.41) is 9.58. The normalized spacial score (nSPS) is 10.7. The molecule has 0 aliphatic rings. The Morgan fingerprint density at radius 1 is 1.30 bits per heavy atom. The Labute approximate surface area is 118 Å². The van der Waals surface area contributed by atoms with E-state index < -0.39 is 0 Å². The predicted octanol–water partition coefficient (Wildman–Crippen LogP) is 1.93. The monoisotopic (exact) mass is 270 g/mol. The number of nitrogens with zero attached hydrogens (tertiary/aromatic N) is 2. The van der Waals surface area contributed by atoms with Crippen LogP contribution in [0.5, 0.6) is 0 Å². The fourth-order valence-corrected chi connectivity index (χ4v) is 1.72. The molecule has 0 aliphatic heterocycles. The van der Waals surface area contributed by atoms with Gasteiger partial charge in [-0.25, -0.2) is 4.79 Å². The summed E-state index contributed by atoms with van der Waals surface area (Å²) in [6.45, 7) is 0.968. The average Bonchev–Trinajstić information content (AvgIpc) is 2.88. The van der Waals surface area contributed by atoms with E-state index in [4.69, 9.17) is 0 Å². The third kappa shape index (κ3) is 4.61. The first-order valence-corrected chi connectivity index (χ1v) is 6.45. The summed E-state index contributed by atoms with van der Waals surface area (Å²) in [6.07, 6.45) is 7.49. The highest BCUT2D eigenvalue weighted by Gasteiger charge is 1.99. The number of hydrogen-bond donors (Lipinski definition) is 2. The summed E-state index contributed by atoms with van der Waals surface area (Å²) in [4.78, 5) is 11.6. The molecule has 5 nitrogen and oxygen atoms in total. The van der Waals surface area contributed by atoms with Gasteiger partial charge < -0.3 is 10.6 Å². The minimum atomic E-state index is -0.188. The van der Waals surface area contributed by atoms with Crippen molar-refractivity contribution in [3.63, 3.8) is 0 Å². The largest absolute Gasteiger partial charge is 0.335 e. The molecule has 2 aromatic rings. The van der Waals surface area contributed by atoms with Gasteiger partial charge in [-0.3, -0.25) is 4.68 Å². The Bertz CT molecular complexity index is 575. The molecule has 1 heterocycles. The zero-order chi connectivity index (χ0) is 14.2. The van der Waals surface area contributed by atoms with E-state index in [1.165, 1.54) is 0 Å². The zero-order valence-corrected chi connectivity index (χ0v) is 11.4.